The van der Waals surface area contributed by atoms with Crippen molar-refractivity contribution in [2.45, 2.75) is 155 Å². The van der Waals surface area contributed by atoms with E-state index in [0.29, 0.717) is 26.3 Å². The number of rotatable bonds is 25. The maximum Gasteiger partial charge on any atom is 0.325 e. The van der Waals surface area contributed by atoms with E-state index < -0.39 is 11.1 Å². The predicted octanol–water partition coefficient (Wildman–Crippen LogP) is 7.09. The molecule has 0 spiro atoms. The Labute approximate surface area is 223 Å². The summed E-state index contributed by atoms with van der Waals surface area (Å²) < 4.78 is 11.0. The first-order valence-electron chi connectivity index (χ1n) is 15.0. The molecular formula is C30H60N2O4. The van der Waals surface area contributed by atoms with E-state index in [1.165, 1.54) is 77.0 Å². The molecule has 0 aromatic heterocycles. The molecule has 0 atom stereocenters. The summed E-state index contributed by atoms with van der Waals surface area (Å²) in [4.78, 5) is 24.9. The molecule has 0 aliphatic carbocycles. The number of hydrogen-bond donors (Lipinski definition) is 2. The molecule has 0 aliphatic rings. The van der Waals surface area contributed by atoms with Crippen LogP contribution < -0.4 is 10.6 Å². The Balaban J connectivity index is 3.89. The van der Waals surface area contributed by atoms with E-state index in [9.17, 15) is 9.59 Å². The normalized spacial score (nSPS) is 12.1. The van der Waals surface area contributed by atoms with Gasteiger partial charge in [0.05, 0.1) is 13.2 Å². The zero-order chi connectivity index (χ0) is 27.1. The van der Waals surface area contributed by atoms with Crippen LogP contribution in [0.25, 0.3) is 0 Å². The van der Waals surface area contributed by atoms with Crippen molar-refractivity contribution in [1.29, 1.82) is 0 Å². The first kappa shape index (κ1) is 34.9. The van der Waals surface area contributed by atoms with E-state index in [-0.39, 0.29) is 11.9 Å². The molecule has 0 saturated heterocycles. The Bertz CT molecular complexity index is 501. The minimum Gasteiger partial charge on any atom is -0.464 e. The van der Waals surface area contributed by atoms with Crippen molar-refractivity contribution in [1.82, 2.24) is 10.6 Å². The Morgan fingerprint density at radius 3 is 1.08 bits per heavy atom. The number of hydrogen-bond acceptors (Lipinski definition) is 6. The van der Waals surface area contributed by atoms with Gasteiger partial charge in [0.2, 0.25) is 0 Å². The lowest BCUT2D eigenvalue weighted by atomic mass is 10.1. The molecule has 0 rings (SSSR count). The Hall–Kier alpha value is -1.14. The van der Waals surface area contributed by atoms with Gasteiger partial charge in [0.15, 0.2) is 0 Å². The van der Waals surface area contributed by atoms with Crippen molar-refractivity contribution in [2.24, 2.45) is 0 Å². The molecule has 0 saturated carbocycles. The molecule has 2 N–H and O–H groups in total. The third kappa shape index (κ3) is 19.0. The first-order valence-corrected chi connectivity index (χ1v) is 15.0. The van der Waals surface area contributed by atoms with E-state index in [1.54, 1.807) is 0 Å². The van der Waals surface area contributed by atoms with Gasteiger partial charge in [-0.3, -0.25) is 9.59 Å². The van der Waals surface area contributed by atoms with Crippen LogP contribution in [0.15, 0.2) is 0 Å². The molecule has 36 heavy (non-hydrogen) atoms. The average Bonchev–Trinajstić information content (AvgIpc) is 2.84. The second-order valence-electron chi connectivity index (χ2n) is 11.3. The van der Waals surface area contributed by atoms with Gasteiger partial charge in [-0.1, -0.05) is 104 Å². The maximum atomic E-state index is 12.5. The largest absolute Gasteiger partial charge is 0.464 e. The van der Waals surface area contributed by atoms with Crippen molar-refractivity contribution in [2.75, 3.05) is 26.3 Å². The van der Waals surface area contributed by atoms with Gasteiger partial charge < -0.3 is 20.1 Å². The van der Waals surface area contributed by atoms with Crippen LogP contribution in [0.1, 0.15) is 144 Å². The molecule has 0 fully saturated rings. The maximum absolute atomic E-state index is 12.5. The molecule has 0 aromatic rings. The van der Waals surface area contributed by atoms with Crippen LogP contribution in [0.2, 0.25) is 0 Å². The lowest BCUT2D eigenvalue weighted by Crippen LogP contribution is -2.53. The van der Waals surface area contributed by atoms with Crippen molar-refractivity contribution in [3.8, 4) is 0 Å². The molecule has 0 bridgehead atoms. The zero-order valence-electron chi connectivity index (χ0n) is 24.8. The van der Waals surface area contributed by atoms with Crippen molar-refractivity contribution < 1.29 is 19.1 Å². The zero-order valence-corrected chi connectivity index (χ0v) is 24.8. The number of unbranched alkanes of at least 4 members (excludes halogenated alkanes) is 14. The average molecular weight is 513 g/mol. The minimum atomic E-state index is -0.761. The lowest BCUT2D eigenvalue weighted by Gasteiger charge is -2.27. The van der Waals surface area contributed by atoms with E-state index >= 15 is 0 Å². The number of carbonyl (C=O) groups excluding carboxylic acids is 2. The molecular weight excluding hydrogens is 452 g/mol. The summed E-state index contributed by atoms with van der Waals surface area (Å²) in [6, 6.07) is 0. The lowest BCUT2D eigenvalue weighted by molar-refractivity contribution is -0.151. The molecule has 0 heterocycles. The van der Waals surface area contributed by atoms with Crippen LogP contribution in [-0.2, 0) is 19.1 Å². The topological polar surface area (TPSA) is 76.7 Å². The fraction of sp³-hybridized carbons (Fsp3) is 0.933. The first-order chi connectivity index (χ1) is 17.2. The van der Waals surface area contributed by atoms with Crippen molar-refractivity contribution in [3.05, 3.63) is 0 Å². The van der Waals surface area contributed by atoms with Crippen molar-refractivity contribution >= 4 is 11.9 Å². The molecule has 6 nitrogen and oxygen atoms in total. The quantitative estimate of drug-likeness (QED) is 0.100. The Kier molecular flexibility index (Phi) is 21.2. The van der Waals surface area contributed by atoms with Crippen LogP contribution in [0.3, 0.4) is 0 Å². The summed E-state index contributed by atoms with van der Waals surface area (Å²) in [6.07, 6.45) is 19.5. The van der Waals surface area contributed by atoms with E-state index in [0.717, 1.165) is 25.7 Å². The minimum absolute atomic E-state index is 0.227. The summed E-state index contributed by atoms with van der Waals surface area (Å²) >= 11 is 0. The highest BCUT2D eigenvalue weighted by Crippen LogP contribution is 2.11. The summed E-state index contributed by atoms with van der Waals surface area (Å²) in [5.41, 5.74) is -1.52. The van der Waals surface area contributed by atoms with Gasteiger partial charge >= 0.3 is 11.9 Å². The molecule has 0 aliphatic heterocycles. The molecule has 214 valence electrons. The van der Waals surface area contributed by atoms with Gasteiger partial charge in [-0.15, -0.1) is 0 Å². The smallest absolute Gasteiger partial charge is 0.325 e. The van der Waals surface area contributed by atoms with Gasteiger partial charge in [0.1, 0.15) is 11.1 Å². The van der Waals surface area contributed by atoms with Crippen LogP contribution in [0, 0.1) is 0 Å². The molecule has 0 aromatic carbocycles. The molecule has 0 radical (unpaired) electrons. The third-order valence-corrected chi connectivity index (χ3v) is 6.74. The second kappa shape index (κ2) is 21.9. The van der Waals surface area contributed by atoms with Gasteiger partial charge in [-0.05, 0) is 40.5 Å². The predicted molar refractivity (Wildman–Crippen MR) is 151 cm³/mol. The third-order valence-electron chi connectivity index (χ3n) is 6.74. The van der Waals surface area contributed by atoms with Crippen LogP contribution >= 0.6 is 0 Å². The fourth-order valence-electron chi connectivity index (χ4n) is 4.06. The van der Waals surface area contributed by atoms with E-state index in [1.807, 2.05) is 27.7 Å². The monoisotopic (exact) mass is 512 g/mol. The van der Waals surface area contributed by atoms with Crippen molar-refractivity contribution in [3.63, 3.8) is 0 Å². The van der Waals surface area contributed by atoms with Crippen LogP contribution in [0.5, 0.6) is 0 Å². The summed E-state index contributed by atoms with van der Waals surface area (Å²) in [7, 11) is 0. The second-order valence-corrected chi connectivity index (χ2v) is 11.3. The fourth-order valence-corrected chi connectivity index (χ4v) is 4.06. The summed E-state index contributed by atoms with van der Waals surface area (Å²) in [5.74, 6) is -0.455. The Morgan fingerprint density at radius 2 is 0.778 bits per heavy atom. The van der Waals surface area contributed by atoms with Gasteiger partial charge in [-0.25, -0.2) is 0 Å². The van der Waals surface area contributed by atoms with Gasteiger partial charge in [-0.2, -0.15) is 0 Å². The summed E-state index contributed by atoms with van der Waals surface area (Å²) in [6.45, 7) is 13.9. The number of nitrogens with one attached hydrogen (secondary N) is 2. The summed E-state index contributed by atoms with van der Waals surface area (Å²) in [5, 5.41) is 6.49. The van der Waals surface area contributed by atoms with Crippen LogP contribution in [-0.4, -0.2) is 49.3 Å². The molecule has 0 amide bonds. The van der Waals surface area contributed by atoms with Gasteiger partial charge in [0.25, 0.3) is 0 Å². The SMILES string of the molecule is CCCCCCCCCCOC(=O)C(C)(C)NCCNC(C)(C)C(=O)OCCCCCCCCCC. The number of esters is 2. The number of carbonyl (C=O) groups is 2. The number of ether oxygens (including phenoxy) is 2. The highest BCUT2D eigenvalue weighted by molar-refractivity contribution is 5.80. The van der Waals surface area contributed by atoms with Crippen LogP contribution in [0.4, 0.5) is 0 Å². The Morgan fingerprint density at radius 1 is 0.500 bits per heavy atom. The highest BCUT2D eigenvalue weighted by atomic mass is 16.5. The van der Waals surface area contributed by atoms with Gasteiger partial charge in [0, 0.05) is 13.1 Å². The molecule has 6 heteroatoms. The van der Waals surface area contributed by atoms with E-state index in [4.69, 9.17) is 9.47 Å². The highest BCUT2D eigenvalue weighted by Gasteiger charge is 2.30. The molecule has 0 unspecified atom stereocenters. The van der Waals surface area contributed by atoms with E-state index in [2.05, 4.69) is 24.5 Å². The standard InChI is InChI=1S/C30H60N2O4/c1-7-9-11-13-15-17-19-21-25-35-27(33)29(3,4)31-23-24-32-30(5,6)28(34)36-26-22-20-18-16-14-12-10-8-2/h31-32H,7-26H2,1-6H3.